The fourth-order valence-corrected chi connectivity index (χ4v) is 15.3. The number of pyridine rings is 12. The van der Waals surface area contributed by atoms with Crippen LogP contribution in [0.15, 0.2) is 293 Å². The van der Waals surface area contributed by atoms with Crippen LogP contribution in [0.1, 0.15) is 96.9 Å². The van der Waals surface area contributed by atoms with Crippen molar-refractivity contribution in [2.45, 2.75) is 79.6 Å². The first-order valence-corrected chi connectivity index (χ1v) is 39.6. The van der Waals surface area contributed by atoms with Crippen LogP contribution in [-0.4, -0.2) is 85.6 Å². The summed E-state index contributed by atoms with van der Waals surface area (Å²) in [7, 11) is 1.52. The molecule has 0 bridgehead atoms. The summed E-state index contributed by atoms with van der Waals surface area (Å²) in [4.78, 5) is 109. The molecule has 0 aliphatic carbocycles. The van der Waals surface area contributed by atoms with Crippen molar-refractivity contribution in [3.63, 3.8) is 0 Å². The number of aryl methyl sites for hydroxylation is 4. The third kappa shape index (κ3) is 16.5. The Morgan fingerprint density at radius 3 is 1.40 bits per heavy atom. The largest absolute Gasteiger partial charge is 0.467 e. The normalized spacial score (nSPS) is 12.2. The van der Waals surface area contributed by atoms with Crippen LogP contribution in [-0.2, 0) is 0 Å². The number of anilines is 4. The minimum Gasteiger partial charge on any atom is -0.467 e. The van der Waals surface area contributed by atoms with Gasteiger partial charge in [0.2, 0.25) is 0 Å². The van der Waals surface area contributed by atoms with Gasteiger partial charge >= 0.3 is 6.01 Å². The molecular formula is C95H81ClN20O5. The van der Waals surface area contributed by atoms with Crippen LogP contribution in [0.3, 0.4) is 0 Å². The van der Waals surface area contributed by atoms with Crippen molar-refractivity contribution >= 4 is 122 Å². The van der Waals surface area contributed by atoms with Gasteiger partial charge in [-0.3, -0.25) is 62.8 Å². The van der Waals surface area contributed by atoms with Gasteiger partial charge in [-0.15, -0.1) is 0 Å². The number of nitrogens with one attached hydrogen (secondary N) is 5. The zero-order valence-corrected chi connectivity index (χ0v) is 68.2. The van der Waals surface area contributed by atoms with Gasteiger partial charge in [-0.25, -0.2) is 19.9 Å². The van der Waals surface area contributed by atoms with Gasteiger partial charge < -0.3 is 31.0 Å². The van der Waals surface area contributed by atoms with Crippen molar-refractivity contribution in [2.24, 2.45) is 0 Å². The van der Waals surface area contributed by atoms with E-state index in [0.29, 0.717) is 72.0 Å². The van der Waals surface area contributed by atoms with E-state index in [-0.39, 0.29) is 52.4 Å². The average Bonchev–Trinajstić information content (AvgIpc) is 0.763. The van der Waals surface area contributed by atoms with Crippen LogP contribution < -0.4 is 48.2 Å². The van der Waals surface area contributed by atoms with Crippen LogP contribution in [0.25, 0.3) is 104 Å². The van der Waals surface area contributed by atoms with Crippen molar-refractivity contribution in [1.29, 1.82) is 0 Å². The van der Waals surface area contributed by atoms with E-state index in [0.717, 1.165) is 106 Å². The highest BCUT2D eigenvalue weighted by molar-refractivity contribution is 6.35. The second-order valence-electron chi connectivity index (χ2n) is 29.2. The van der Waals surface area contributed by atoms with E-state index >= 15 is 0 Å². The van der Waals surface area contributed by atoms with Crippen molar-refractivity contribution in [1.82, 2.24) is 78.5 Å². The standard InChI is InChI=1S/C26H23N5O.C25H20ClN5O2.C25H21N5O.C19H17N5O/c1-16-7-4-10-20(13-16)31-22(14-19-9-5-8-17(2)23(19)26(31)32)18(3)30-25-24-21(28-15-29-25)11-6-12-27-24;1-15(28-23-22-19(12-7-13-27-22)29-25(30-23)33-2)20-14-16-8-6-11-18(26)21(16)24(32)31(20)17-9-4-3-5-10-17;1-16-10-13-26-20-15-21(30(25(31)22(16)20)19-8-4-3-5-9-19)17(2)29-24-23-18(11-14-28-24)7-6-12-27-23;1-11-5-8-20-15-10-14(24-19(25)16(11)15)12(2)23-18-17-13(6-9-22-18)4-3-7-21-17/h4-15,18H,1-3H3,(H,28,29,30);3-15H,1-2H3,(H,28,29,30);3-15,17H,1-2H3,(H,28,29);3-10,12H,1-2H3,(H,22,23)(H,24,25)/t18-;15-;;/m00../s1. The van der Waals surface area contributed by atoms with Gasteiger partial charge in [0.15, 0.2) is 23.3 Å². The summed E-state index contributed by atoms with van der Waals surface area (Å²) < 4.78 is 10.5. The zero-order chi connectivity index (χ0) is 84.0. The number of hydrogen-bond acceptors (Lipinski definition) is 21. The Kier molecular flexibility index (Phi) is 22.9. The second-order valence-corrected chi connectivity index (χ2v) is 29.6. The quantitative estimate of drug-likeness (QED) is 0.0600. The molecule has 0 radical (unpaired) electrons. The van der Waals surface area contributed by atoms with Crippen LogP contribution >= 0.6 is 11.6 Å². The van der Waals surface area contributed by atoms with Crippen molar-refractivity contribution in [3.8, 4) is 23.1 Å². The molecule has 19 rings (SSSR count). The summed E-state index contributed by atoms with van der Waals surface area (Å²) in [5.74, 6) is 2.51. The first-order valence-electron chi connectivity index (χ1n) is 39.2. The molecule has 121 heavy (non-hydrogen) atoms. The first-order chi connectivity index (χ1) is 58.8. The van der Waals surface area contributed by atoms with Gasteiger partial charge in [-0.2, -0.15) is 9.97 Å². The molecule has 0 aliphatic heterocycles. The molecule has 14 heterocycles. The monoisotopic (exact) mass is 1620 g/mol. The number of para-hydroxylation sites is 2. The van der Waals surface area contributed by atoms with Gasteiger partial charge in [0.1, 0.15) is 28.4 Å². The first kappa shape index (κ1) is 79.5. The summed E-state index contributed by atoms with van der Waals surface area (Å²) in [5, 5.41) is 20.3. The molecule has 0 aliphatic rings. The number of H-pyrrole nitrogens is 1. The fraction of sp³-hybridized carbons (Fsp3) is 0.137. The Labute approximate surface area is 698 Å². The number of methoxy groups -OCH3 is 1. The van der Waals surface area contributed by atoms with Crippen molar-refractivity contribution in [3.05, 3.63) is 366 Å². The highest BCUT2D eigenvalue weighted by Gasteiger charge is 2.25. The van der Waals surface area contributed by atoms with E-state index in [4.69, 9.17) is 16.3 Å². The van der Waals surface area contributed by atoms with Gasteiger partial charge in [-0.05, 0) is 216 Å². The molecule has 598 valence electrons. The second kappa shape index (κ2) is 34.8. The number of hydrogen-bond donors (Lipinski definition) is 5. The van der Waals surface area contributed by atoms with E-state index in [1.165, 1.54) is 13.4 Å². The maximum Gasteiger partial charge on any atom is 0.318 e. The minimum absolute atomic E-state index is 0.0273. The smallest absolute Gasteiger partial charge is 0.318 e. The van der Waals surface area contributed by atoms with E-state index < -0.39 is 0 Å². The SMILES string of the molecule is COc1nc(N[C@@H](C)c2cc3cccc(Cl)c3c(=O)n2-c2ccccc2)c2ncccc2n1.Cc1cccc(-n2c([C@H](C)Nc3ncnc4cccnc34)cc3cccc(C)c3c2=O)c1.Cc1ccnc2cc(C(C)Nc3nccc4cccnc34)[nH]c(=O)c12.Cc1ccnc2cc(C(C)Nc3nccc4cccnc34)n(-c3ccccc3)c(=O)c12. The van der Waals surface area contributed by atoms with Gasteiger partial charge in [0, 0.05) is 94.5 Å². The lowest BCUT2D eigenvalue weighted by molar-refractivity contribution is 0.382. The molecule has 26 heteroatoms. The number of halogens is 1. The van der Waals surface area contributed by atoms with Crippen LogP contribution in [0.5, 0.6) is 6.01 Å². The molecule has 0 fully saturated rings. The molecule has 0 saturated carbocycles. The van der Waals surface area contributed by atoms with Gasteiger partial charge in [0.05, 0.1) is 85.6 Å². The number of rotatable bonds is 16. The topological polar surface area (TPSA) is 311 Å². The van der Waals surface area contributed by atoms with E-state index in [1.54, 1.807) is 69.3 Å². The number of aromatic amines is 1. The maximum atomic E-state index is 13.7. The lowest BCUT2D eigenvalue weighted by atomic mass is 10.0. The summed E-state index contributed by atoms with van der Waals surface area (Å²) in [5.41, 5.74) is 14.7. The van der Waals surface area contributed by atoms with Crippen molar-refractivity contribution < 1.29 is 4.74 Å². The Balaban J connectivity index is 0.000000120. The third-order valence-corrected chi connectivity index (χ3v) is 21.3. The van der Waals surface area contributed by atoms with Crippen LogP contribution in [0.2, 0.25) is 5.02 Å². The Hall–Kier alpha value is -15.4. The number of fused-ring (bicyclic) bond motifs is 8. The molecule has 2 unspecified atom stereocenters. The number of ether oxygens (including phenoxy) is 1. The van der Waals surface area contributed by atoms with Gasteiger partial charge in [-0.1, -0.05) is 103 Å². The predicted molar refractivity (Wildman–Crippen MR) is 481 cm³/mol. The summed E-state index contributed by atoms with van der Waals surface area (Å²) >= 11 is 6.41. The van der Waals surface area contributed by atoms with Crippen LogP contribution in [0.4, 0.5) is 23.3 Å². The molecule has 4 atom stereocenters. The fourth-order valence-electron chi connectivity index (χ4n) is 15.0. The average molecular weight is 1620 g/mol. The summed E-state index contributed by atoms with van der Waals surface area (Å²) in [6.07, 6.45) is 15.4. The predicted octanol–water partition coefficient (Wildman–Crippen LogP) is 18.4. The highest BCUT2D eigenvalue weighted by atomic mass is 35.5. The lowest BCUT2D eigenvalue weighted by Crippen LogP contribution is -2.26. The molecule has 0 saturated heterocycles. The molecule has 5 aromatic carbocycles. The van der Waals surface area contributed by atoms with Crippen LogP contribution in [0, 0.1) is 27.7 Å². The third-order valence-electron chi connectivity index (χ3n) is 21.0. The Morgan fingerprint density at radius 1 is 0.347 bits per heavy atom. The van der Waals surface area contributed by atoms with Gasteiger partial charge in [0.25, 0.3) is 22.2 Å². The molecular weight excluding hydrogens is 1540 g/mol. The lowest BCUT2D eigenvalue weighted by Gasteiger charge is -2.22. The number of nitrogens with zero attached hydrogens (tertiary/aromatic N) is 15. The zero-order valence-electron chi connectivity index (χ0n) is 67.4. The Bertz CT molecular complexity index is 7380. The van der Waals surface area contributed by atoms with E-state index in [1.807, 2.05) is 262 Å². The minimum atomic E-state index is -0.314. The van der Waals surface area contributed by atoms with Crippen molar-refractivity contribution in [2.75, 3.05) is 28.4 Å². The van der Waals surface area contributed by atoms with E-state index in [9.17, 15) is 19.2 Å². The summed E-state index contributed by atoms with van der Waals surface area (Å²) in [6, 6.07) is 68.6. The Morgan fingerprint density at radius 2 is 0.802 bits per heavy atom. The highest BCUT2D eigenvalue weighted by Crippen LogP contribution is 2.34. The molecule has 25 nitrogen and oxygen atoms in total. The molecule has 19 aromatic rings. The summed E-state index contributed by atoms with van der Waals surface area (Å²) in [6.45, 7) is 15.8. The molecule has 0 amide bonds. The van der Waals surface area contributed by atoms with E-state index in [2.05, 4.69) is 92.1 Å². The maximum absolute atomic E-state index is 13.7. The molecule has 14 aromatic heterocycles. The number of benzene rings is 5. The number of aromatic nitrogens is 16. The molecule has 5 N–H and O–H groups in total. The molecule has 0 spiro atoms.